The fourth-order valence-electron chi connectivity index (χ4n) is 2.80. The zero-order valence-electron chi connectivity index (χ0n) is 16.7. The number of nitrogens with zero attached hydrogens (tertiary/aromatic N) is 1. The zero-order valence-corrected chi connectivity index (χ0v) is 17.5. The summed E-state index contributed by atoms with van der Waals surface area (Å²) in [4.78, 5) is 16.5. The largest absolute Gasteiger partial charge is 0.494 e. The number of hydrogen-bond donors (Lipinski definition) is 2. The number of benzene rings is 2. The van der Waals surface area contributed by atoms with Gasteiger partial charge >= 0.3 is 0 Å². The van der Waals surface area contributed by atoms with Crippen molar-refractivity contribution < 1.29 is 17.9 Å². The molecule has 0 saturated heterocycles. The van der Waals surface area contributed by atoms with Crippen LogP contribution in [0.25, 0.3) is 0 Å². The summed E-state index contributed by atoms with van der Waals surface area (Å²) in [7, 11) is -3.75. The molecular formula is C22H23N3O4S. The number of sulfonamides is 1. The summed E-state index contributed by atoms with van der Waals surface area (Å²) in [5, 5.41) is 2.91. The maximum atomic E-state index is 12.5. The molecule has 1 heterocycles. The molecule has 3 aromatic rings. The van der Waals surface area contributed by atoms with Gasteiger partial charge in [-0.25, -0.2) is 8.42 Å². The highest BCUT2D eigenvalue weighted by atomic mass is 32.2. The summed E-state index contributed by atoms with van der Waals surface area (Å²) in [6.07, 6.45) is 2.99. The number of anilines is 1. The smallest absolute Gasteiger partial charge is 0.261 e. The van der Waals surface area contributed by atoms with Gasteiger partial charge in [-0.3, -0.25) is 14.5 Å². The van der Waals surface area contributed by atoms with E-state index in [1.54, 1.807) is 12.1 Å². The SMILES string of the molecule is CCOc1ccc(C(C)NC(=O)c2ccc(S(=O)(=O)Nc3ccncc3)cc2)cc1. The van der Waals surface area contributed by atoms with Gasteiger partial charge in [0, 0.05) is 18.0 Å². The lowest BCUT2D eigenvalue weighted by atomic mass is 10.1. The number of pyridine rings is 1. The van der Waals surface area contributed by atoms with E-state index in [0.29, 0.717) is 17.9 Å². The zero-order chi connectivity index (χ0) is 21.6. The average molecular weight is 426 g/mol. The standard InChI is InChI=1S/C22H23N3O4S/c1-3-29-20-8-4-17(5-9-20)16(2)24-22(26)18-6-10-21(11-7-18)30(27,28)25-19-12-14-23-15-13-19/h4-16H,3H2,1-2H3,(H,23,25)(H,24,26). The second-order valence-corrected chi connectivity index (χ2v) is 8.25. The van der Waals surface area contributed by atoms with Crippen molar-refractivity contribution in [3.05, 3.63) is 84.2 Å². The van der Waals surface area contributed by atoms with E-state index < -0.39 is 10.0 Å². The summed E-state index contributed by atoms with van der Waals surface area (Å²) in [5.74, 6) is 0.486. The van der Waals surface area contributed by atoms with Crippen LogP contribution in [0.5, 0.6) is 5.75 Å². The van der Waals surface area contributed by atoms with E-state index in [9.17, 15) is 13.2 Å². The van der Waals surface area contributed by atoms with Crippen LogP contribution < -0.4 is 14.8 Å². The summed E-state index contributed by atoms with van der Waals surface area (Å²) in [6.45, 7) is 4.39. The van der Waals surface area contributed by atoms with E-state index in [-0.39, 0.29) is 16.8 Å². The Morgan fingerprint density at radius 3 is 2.23 bits per heavy atom. The van der Waals surface area contributed by atoms with Crippen LogP contribution in [0, 0.1) is 0 Å². The molecule has 1 aromatic heterocycles. The van der Waals surface area contributed by atoms with Crippen LogP contribution >= 0.6 is 0 Å². The Kier molecular flexibility index (Phi) is 6.68. The fraction of sp³-hybridized carbons (Fsp3) is 0.182. The van der Waals surface area contributed by atoms with Crippen LogP contribution in [0.3, 0.4) is 0 Å². The average Bonchev–Trinajstić information content (AvgIpc) is 2.75. The first kappa shape index (κ1) is 21.3. The predicted octanol–water partition coefficient (Wildman–Crippen LogP) is 3.77. The van der Waals surface area contributed by atoms with Crippen LogP contribution in [0.1, 0.15) is 35.8 Å². The van der Waals surface area contributed by atoms with Crippen LogP contribution in [0.15, 0.2) is 78.0 Å². The van der Waals surface area contributed by atoms with E-state index in [4.69, 9.17) is 4.74 Å². The van der Waals surface area contributed by atoms with Crippen LogP contribution in [0.4, 0.5) is 5.69 Å². The summed E-state index contributed by atoms with van der Waals surface area (Å²) < 4.78 is 32.8. The van der Waals surface area contributed by atoms with Crippen LogP contribution in [0.2, 0.25) is 0 Å². The van der Waals surface area contributed by atoms with Gasteiger partial charge in [-0.1, -0.05) is 12.1 Å². The van der Waals surface area contributed by atoms with E-state index in [1.165, 1.54) is 36.7 Å². The fourth-order valence-corrected chi connectivity index (χ4v) is 3.86. The minimum Gasteiger partial charge on any atom is -0.494 e. The van der Waals surface area contributed by atoms with Crippen molar-refractivity contribution >= 4 is 21.6 Å². The second-order valence-electron chi connectivity index (χ2n) is 6.56. The summed E-state index contributed by atoms with van der Waals surface area (Å²) in [6, 6.07) is 16.2. The highest BCUT2D eigenvalue weighted by molar-refractivity contribution is 7.92. The predicted molar refractivity (Wildman–Crippen MR) is 115 cm³/mol. The molecular weight excluding hydrogens is 402 g/mol. The molecule has 2 N–H and O–H groups in total. The third-order valence-corrected chi connectivity index (χ3v) is 5.80. The number of nitrogens with one attached hydrogen (secondary N) is 2. The van der Waals surface area contributed by atoms with Crippen molar-refractivity contribution in [2.75, 3.05) is 11.3 Å². The van der Waals surface area contributed by atoms with E-state index in [1.807, 2.05) is 38.1 Å². The Morgan fingerprint density at radius 2 is 1.63 bits per heavy atom. The molecule has 7 nitrogen and oxygen atoms in total. The lowest BCUT2D eigenvalue weighted by molar-refractivity contribution is 0.0940. The first-order valence-corrected chi connectivity index (χ1v) is 10.9. The molecule has 1 amide bonds. The van der Waals surface area contributed by atoms with Crippen molar-refractivity contribution in [2.24, 2.45) is 0 Å². The molecule has 156 valence electrons. The maximum Gasteiger partial charge on any atom is 0.261 e. The Hall–Kier alpha value is -3.39. The number of hydrogen-bond acceptors (Lipinski definition) is 5. The van der Waals surface area contributed by atoms with Gasteiger partial charge < -0.3 is 10.1 Å². The molecule has 3 rings (SSSR count). The van der Waals surface area contributed by atoms with Gasteiger partial charge in [-0.05, 0) is 67.9 Å². The van der Waals surface area contributed by atoms with E-state index >= 15 is 0 Å². The van der Waals surface area contributed by atoms with Crippen molar-refractivity contribution in [1.82, 2.24) is 10.3 Å². The van der Waals surface area contributed by atoms with E-state index in [2.05, 4.69) is 15.0 Å². The van der Waals surface area contributed by atoms with Gasteiger partial charge in [0.1, 0.15) is 5.75 Å². The molecule has 0 spiro atoms. The first-order valence-electron chi connectivity index (χ1n) is 9.45. The highest BCUT2D eigenvalue weighted by Gasteiger charge is 2.16. The van der Waals surface area contributed by atoms with Gasteiger partial charge in [-0.2, -0.15) is 0 Å². The van der Waals surface area contributed by atoms with Crippen LogP contribution in [-0.4, -0.2) is 25.9 Å². The van der Waals surface area contributed by atoms with E-state index in [0.717, 1.165) is 11.3 Å². The molecule has 2 aromatic carbocycles. The topological polar surface area (TPSA) is 97.4 Å². The normalized spacial score (nSPS) is 12.1. The molecule has 0 aliphatic heterocycles. The highest BCUT2D eigenvalue weighted by Crippen LogP contribution is 2.19. The Bertz CT molecular complexity index is 1080. The van der Waals surface area contributed by atoms with Gasteiger partial charge in [0.25, 0.3) is 15.9 Å². The maximum absolute atomic E-state index is 12.5. The number of carbonyl (C=O) groups is 1. The molecule has 0 aliphatic rings. The van der Waals surface area contributed by atoms with Crippen molar-refractivity contribution in [1.29, 1.82) is 0 Å². The van der Waals surface area contributed by atoms with Gasteiger partial charge in [0.15, 0.2) is 0 Å². The third-order valence-electron chi connectivity index (χ3n) is 4.40. The lowest BCUT2D eigenvalue weighted by Crippen LogP contribution is -2.26. The molecule has 0 fully saturated rings. The minimum absolute atomic E-state index is 0.0652. The summed E-state index contributed by atoms with van der Waals surface area (Å²) >= 11 is 0. The number of aromatic nitrogens is 1. The molecule has 0 radical (unpaired) electrons. The molecule has 0 bridgehead atoms. The third kappa shape index (κ3) is 5.36. The molecule has 30 heavy (non-hydrogen) atoms. The van der Waals surface area contributed by atoms with Gasteiger partial charge in [0.05, 0.1) is 23.2 Å². The second kappa shape index (κ2) is 9.41. The van der Waals surface area contributed by atoms with Crippen molar-refractivity contribution in [3.8, 4) is 5.75 Å². The molecule has 0 saturated carbocycles. The Morgan fingerprint density at radius 1 is 1.00 bits per heavy atom. The monoisotopic (exact) mass is 425 g/mol. The summed E-state index contributed by atoms with van der Waals surface area (Å²) in [5.41, 5.74) is 1.72. The number of rotatable bonds is 8. The molecule has 8 heteroatoms. The van der Waals surface area contributed by atoms with Crippen LogP contribution in [-0.2, 0) is 10.0 Å². The first-order chi connectivity index (χ1) is 14.4. The number of carbonyl (C=O) groups excluding carboxylic acids is 1. The molecule has 0 aliphatic carbocycles. The lowest BCUT2D eigenvalue weighted by Gasteiger charge is -2.15. The minimum atomic E-state index is -3.75. The Balaban J connectivity index is 1.65. The van der Waals surface area contributed by atoms with Crippen molar-refractivity contribution in [2.45, 2.75) is 24.8 Å². The Labute approximate surface area is 176 Å². The number of amides is 1. The molecule has 1 unspecified atom stereocenters. The number of ether oxygens (including phenoxy) is 1. The van der Waals surface area contributed by atoms with Gasteiger partial charge in [0.2, 0.25) is 0 Å². The quantitative estimate of drug-likeness (QED) is 0.573. The van der Waals surface area contributed by atoms with Gasteiger partial charge in [-0.15, -0.1) is 0 Å². The molecule has 1 atom stereocenters. The van der Waals surface area contributed by atoms with Crippen molar-refractivity contribution in [3.63, 3.8) is 0 Å².